The van der Waals surface area contributed by atoms with Gasteiger partial charge in [0, 0.05) is 0 Å². The molecule has 0 heterocycles. The monoisotopic (exact) mass is 447 g/mol. The Morgan fingerprint density at radius 1 is 0.906 bits per heavy atom. The minimum absolute atomic E-state index is 0.0824. The molecule has 0 bridgehead atoms. The van der Waals surface area contributed by atoms with Gasteiger partial charge in [-0.1, -0.05) is 53.6 Å². The van der Waals surface area contributed by atoms with Crippen LogP contribution in [0.3, 0.4) is 0 Å². The standard InChI is InChI=1S/C26H25NO4S/c1-4-30-26-16-22(11-14-25(26)31-18-21-9-5-19(2)6-10-21)15-24(17-27)32(28,29)23-12-7-20(3)8-13-23/h5-16H,4,18H2,1-3H3. The van der Waals surface area contributed by atoms with Crippen LogP contribution in [0.1, 0.15) is 29.2 Å². The normalized spacial score (nSPS) is 11.6. The summed E-state index contributed by atoms with van der Waals surface area (Å²) in [4.78, 5) is -0.254. The lowest BCUT2D eigenvalue weighted by Gasteiger charge is -2.13. The van der Waals surface area contributed by atoms with Crippen LogP contribution < -0.4 is 9.47 Å². The first-order valence-corrected chi connectivity index (χ1v) is 11.7. The zero-order chi connectivity index (χ0) is 23.1. The highest BCUT2D eigenvalue weighted by Crippen LogP contribution is 2.31. The molecular weight excluding hydrogens is 422 g/mol. The Morgan fingerprint density at radius 2 is 1.53 bits per heavy atom. The van der Waals surface area contributed by atoms with Gasteiger partial charge in [0.05, 0.1) is 11.5 Å². The van der Waals surface area contributed by atoms with Crippen LogP contribution in [-0.2, 0) is 16.4 Å². The van der Waals surface area contributed by atoms with Gasteiger partial charge in [-0.15, -0.1) is 0 Å². The molecule has 3 aromatic rings. The molecule has 0 radical (unpaired) electrons. The summed E-state index contributed by atoms with van der Waals surface area (Å²) in [5.74, 6) is 1.03. The van der Waals surface area contributed by atoms with E-state index in [1.807, 2.05) is 51.1 Å². The fraction of sp³-hybridized carbons (Fsp3) is 0.192. The molecule has 0 unspecified atom stereocenters. The lowest BCUT2D eigenvalue weighted by molar-refractivity contribution is 0.269. The first-order valence-electron chi connectivity index (χ1n) is 10.2. The number of nitriles is 1. The number of benzene rings is 3. The molecule has 0 saturated carbocycles. The molecule has 164 valence electrons. The van der Waals surface area contributed by atoms with Gasteiger partial charge < -0.3 is 9.47 Å². The molecular formula is C26H25NO4S. The summed E-state index contributed by atoms with van der Waals surface area (Å²) in [6, 6.07) is 21.4. The van der Waals surface area contributed by atoms with Crippen molar-refractivity contribution in [1.82, 2.24) is 0 Å². The van der Waals surface area contributed by atoms with Crippen molar-refractivity contribution in [2.45, 2.75) is 32.3 Å². The van der Waals surface area contributed by atoms with Crippen molar-refractivity contribution >= 4 is 15.9 Å². The zero-order valence-electron chi connectivity index (χ0n) is 18.3. The second kappa shape index (κ2) is 10.2. The van der Waals surface area contributed by atoms with Crippen LogP contribution >= 0.6 is 0 Å². The van der Waals surface area contributed by atoms with Crippen molar-refractivity contribution in [3.63, 3.8) is 0 Å². The number of hydrogen-bond donors (Lipinski definition) is 0. The fourth-order valence-corrected chi connectivity index (χ4v) is 4.17. The maximum absolute atomic E-state index is 12.9. The average Bonchev–Trinajstić information content (AvgIpc) is 2.78. The van der Waals surface area contributed by atoms with E-state index in [1.54, 1.807) is 30.3 Å². The molecule has 0 N–H and O–H groups in total. The second-order valence-electron chi connectivity index (χ2n) is 7.35. The van der Waals surface area contributed by atoms with E-state index in [1.165, 1.54) is 23.8 Å². The number of sulfone groups is 1. The van der Waals surface area contributed by atoms with Gasteiger partial charge in [0.25, 0.3) is 0 Å². The number of aryl methyl sites for hydroxylation is 2. The van der Waals surface area contributed by atoms with Gasteiger partial charge in [-0.2, -0.15) is 5.26 Å². The summed E-state index contributed by atoms with van der Waals surface area (Å²) in [6.45, 7) is 6.55. The first-order chi connectivity index (χ1) is 15.3. The van der Waals surface area contributed by atoms with E-state index in [-0.39, 0.29) is 9.80 Å². The first kappa shape index (κ1) is 23.1. The molecule has 0 atom stereocenters. The van der Waals surface area contributed by atoms with Crippen molar-refractivity contribution in [1.29, 1.82) is 5.26 Å². The van der Waals surface area contributed by atoms with Crippen molar-refractivity contribution in [3.8, 4) is 17.6 Å². The quantitative estimate of drug-likeness (QED) is 0.419. The summed E-state index contributed by atoms with van der Waals surface area (Å²) >= 11 is 0. The third kappa shape index (κ3) is 5.57. The topological polar surface area (TPSA) is 76.4 Å². The molecule has 0 aromatic heterocycles. The van der Waals surface area contributed by atoms with Crippen LogP contribution in [0.5, 0.6) is 11.5 Å². The van der Waals surface area contributed by atoms with Gasteiger partial charge in [-0.05, 0) is 62.2 Å². The lowest BCUT2D eigenvalue weighted by atomic mass is 10.1. The zero-order valence-corrected chi connectivity index (χ0v) is 19.1. The summed E-state index contributed by atoms with van der Waals surface area (Å²) < 4.78 is 37.4. The highest BCUT2D eigenvalue weighted by molar-refractivity contribution is 7.95. The van der Waals surface area contributed by atoms with E-state index >= 15 is 0 Å². The van der Waals surface area contributed by atoms with Gasteiger partial charge in [-0.3, -0.25) is 0 Å². The van der Waals surface area contributed by atoms with E-state index in [0.717, 1.165) is 11.1 Å². The Hall–Kier alpha value is -3.56. The number of nitrogens with zero attached hydrogens (tertiary/aromatic N) is 1. The van der Waals surface area contributed by atoms with E-state index in [2.05, 4.69) is 0 Å². The van der Waals surface area contributed by atoms with Gasteiger partial charge in [0.15, 0.2) is 11.5 Å². The van der Waals surface area contributed by atoms with E-state index < -0.39 is 9.84 Å². The minimum atomic E-state index is -3.92. The van der Waals surface area contributed by atoms with Crippen LogP contribution in [0.25, 0.3) is 6.08 Å². The molecule has 0 spiro atoms. The van der Waals surface area contributed by atoms with Crippen molar-refractivity contribution < 1.29 is 17.9 Å². The molecule has 0 saturated heterocycles. The molecule has 0 aliphatic heterocycles. The predicted octanol–water partition coefficient (Wildman–Crippen LogP) is 5.62. The lowest BCUT2D eigenvalue weighted by Crippen LogP contribution is -2.04. The Bertz CT molecular complexity index is 1250. The Kier molecular flexibility index (Phi) is 7.34. The largest absolute Gasteiger partial charge is 0.490 e. The van der Waals surface area contributed by atoms with E-state index in [4.69, 9.17) is 9.47 Å². The van der Waals surface area contributed by atoms with Gasteiger partial charge in [-0.25, -0.2) is 8.42 Å². The molecule has 3 rings (SSSR count). The van der Waals surface area contributed by atoms with Crippen LogP contribution in [0.4, 0.5) is 0 Å². The molecule has 0 aliphatic rings. The maximum Gasteiger partial charge on any atom is 0.216 e. The SMILES string of the molecule is CCOc1cc(C=C(C#N)S(=O)(=O)c2ccc(C)cc2)ccc1OCc1ccc(C)cc1. The van der Waals surface area contributed by atoms with Crippen molar-refractivity contribution in [3.05, 3.63) is 93.9 Å². The minimum Gasteiger partial charge on any atom is -0.490 e. The highest BCUT2D eigenvalue weighted by atomic mass is 32.2. The van der Waals surface area contributed by atoms with E-state index in [0.29, 0.717) is 30.3 Å². The summed E-state index contributed by atoms with van der Waals surface area (Å²) in [6.07, 6.45) is 1.35. The average molecular weight is 448 g/mol. The number of ether oxygens (including phenoxy) is 2. The van der Waals surface area contributed by atoms with E-state index in [9.17, 15) is 13.7 Å². The Balaban J connectivity index is 1.88. The van der Waals surface area contributed by atoms with Crippen LogP contribution in [0.2, 0.25) is 0 Å². The van der Waals surface area contributed by atoms with Gasteiger partial charge >= 0.3 is 0 Å². The fourth-order valence-electron chi connectivity index (χ4n) is 3.01. The van der Waals surface area contributed by atoms with Crippen LogP contribution in [-0.4, -0.2) is 15.0 Å². The number of rotatable bonds is 8. The smallest absolute Gasteiger partial charge is 0.216 e. The molecule has 32 heavy (non-hydrogen) atoms. The third-order valence-electron chi connectivity index (χ3n) is 4.81. The highest BCUT2D eigenvalue weighted by Gasteiger charge is 2.21. The van der Waals surface area contributed by atoms with Crippen LogP contribution in [0, 0.1) is 25.2 Å². The van der Waals surface area contributed by atoms with Gasteiger partial charge in [0.1, 0.15) is 17.6 Å². The predicted molar refractivity (Wildman–Crippen MR) is 125 cm³/mol. The third-order valence-corrected chi connectivity index (χ3v) is 6.49. The molecule has 0 aliphatic carbocycles. The summed E-state index contributed by atoms with van der Waals surface area (Å²) in [5, 5.41) is 9.54. The van der Waals surface area contributed by atoms with Crippen molar-refractivity contribution in [2.24, 2.45) is 0 Å². The second-order valence-corrected chi connectivity index (χ2v) is 9.27. The Morgan fingerprint density at radius 3 is 2.12 bits per heavy atom. The van der Waals surface area contributed by atoms with Gasteiger partial charge in [0.2, 0.25) is 9.84 Å². The molecule has 0 amide bonds. The number of hydrogen-bond acceptors (Lipinski definition) is 5. The maximum atomic E-state index is 12.9. The summed E-state index contributed by atoms with van der Waals surface area (Å²) in [7, 11) is -3.92. The van der Waals surface area contributed by atoms with Crippen molar-refractivity contribution in [2.75, 3.05) is 6.61 Å². The Labute approximate surface area is 189 Å². The summed E-state index contributed by atoms with van der Waals surface area (Å²) in [5.41, 5.74) is 3.67. The molecule has 3 aromatic carbocycles. The molecule has 0 fully saturated rings. The van der Waals surface area contributed by atoms with Crippen LogP contribution in [0.15, 0.2) is 76.5 Å². The molecule has 5 nitrogen and oxygen atoms in total. The number of allylic oxidation sites excluding steroid dienone is 1. The molecule has 6 heteroatoms.